The number of fused-ring (bicyclic) bond motifs is 2. The Kier molecular flexibility index (Phi) is 6.82. The number of nitrogen functional groups attached to an aromatic ring is 1. The molecule has 15 nitrogen and oxygen atoms in total. The number of nitrogens with two attached hydrogens (primary N) is 1. The number of aromatic nitrogens is 5. The van der Waals surface area contributed by atoms with Crippen molar-refractivity contribution in [1.29, 1.82) is 5.26 Å². The smallest absolute Gasteiger partial charge is 0.459 e. The molecule has 0 aromatic carbocycles. The summed E-state index contributed by atoms with van der Waals surface area (Å²) in [6, 6.07) is 1.75. The van der Waals surface area contributed by atoms with E-state index in [4.69, 9.17) is 24.3 Å². The van der Waals surface area contributed by atoms with Crippen LogP contribution >= 0.6 is 23.7 Å². The Bertz CT molecular complexity index is 1560. The van der Waals surface area contributed by atoms with Gasteiger partial charge in [-0.25, -0.2) is 28.5 Å². The van der Waals surface area contributed by atoms with Crippen LogP contribution in [-0.2, 0) is 42.1 Å². The maximum absolute atomic E-state index is 16.0. The number of carbonyl (C=O) groups is 1. The van der Waals surface area contributed by atoms with Gasteiger partial charge in [0, 0.05) is 30.8 Å². The lowest BCUT2D eigenvalue weighted by Crippen LogP contribution is -2.46. The van der Waals surface area contributed by atoms with E-state index in [1.54, 1.807) is 13.0 Å². The van der Waals surface area contributed by atoms with E-state index in [1.807, 2.05) is 0 Å². The van der Waals surface area contributed by atoms with Gasteiger partial charge < -0.3 is 24.8 Å². The molecule has 0 spiro atoms. The predicted molar refractivity (Wildman–Crippen MR) is 132 cm³/mol. The number of aliphatic hydroxyl groups excluding tert-OH is 1. The van der Waals surface area contributed by atoms with Crippen molar-refractivity contribution >= 4 is 41.1 Å². The van der Waals surface area contributed by atoms with Crippen LogP contribution in [0.2, 0.25) is 0 Å². The molecule has 18 heteroatoms. The summed E-state index contributed by atoms with van der Waals surface area (Å²) in [4.78, 5) is 23.2. The Balaban J connectivity index is 1.38. The normalized spacial score (nSPS) is 29.9. The van der Waals surface area contributed by atoms with Crippen molar-refractivity contribution in [3.63, 3.8) is 0 Å². The molecule has 0 bridgehead atoms. The van der Waals surface area contributed by atoms with Crippen molar-refractivity contribution in [2.45, 2.75) is 49.4 Å². The van der Waals surface area contributed by atoms with Crippen molar-refractivity contribution < 1.29 is 37.4 Å². The van der Waals surface area contributed by atoms with E-state index in [2.05, 4.69) is 41.1 Å². The first-order chi connectivity index (χ1) is 18.4. The molecule has 0 saturated carbocycles. The van der Waals surface area contributed by atoms with E-state index in [1.165, 1.54) is 13.1 Å². The van der Waals surface area contributed by atoms with Gasteiger partial charge in [0.15, 0.2) is 17.2 Å². The largest absolute Gasteiger partial charge is 0.461 e. The van der Waals surface area contributed by atoms with Crippen LogP contribution in [0.15, 0.2) is 18.7 Å². The fourth-order valence-electron chi connectivity index (χ4n) is 4.27. The highest BCUT2D eigenvalue weighted by Gasteiger charge is 2.69. The first kappa shape index (κ1) is 27.3. The quantitative estimate of drug-likeness (QED) is 0.200. The Hall–Kier alpha value is -3.26. The van der Waals surface area contributed by atoms with Crippen LogP contribution in [0.3, 0.4) is 0 Å². The van der Waals surface area contributed by atoms with Crippen molar-refractivity contribution in [3.8, 4) is 11.8 Å². The van der Waals surface area contributed by atoms with Gasteiger partial charge in [0.2, 0.25) is 10.2 Å². The number of nitriles is 1. The summed E-state index contributed by atoms with van der Waals surface area (Å²) < 4.78 is 49.5. The number of hydrogen-bond donors (Lipinski definition) is 3. The van der Waals surface area contributed by atoms with E-state index < -0.39 is 42.7 Å². The zero-order valence-electron chi connectivity index (χ0n) is 20.4. The topological polar surface area (TPSA) is 209 Å². The minimum absolute atomic E-state index is 0.0111. The first-order valence-electron chi connectivity index (χ1n) is 11.3. The number of alkyl halides is 2. The van der Waals surface area contributed by atoms with E-state index in [-0.39, 0.29) is 36.1 Å². The second-order valence-corrected chi connectivity index (χ2v) is 11.6. The van der Waals surface area contributed by atoms with E-state index in [0.29, 0.717) is 16.8 Å². The van der Waals surface area contributed by atoms with Gasteiger partial charge in [0.05, 0.1) is 18.5 Å². The highest BCUT2D eigenvalue weighted by atomic mass is 79.9. The number of ether oxygens (including phenoxy) is 2. The summed E-state index contributed by atoms with van der Waals surface area (Å²) in [7, 11) is -4.07. The number of carbonyl (C=O) groups excluding carboxylic acids is 1. The highest BCUT2D eigenvalue weighted by Crippen LogP contribution is 2.55. The minimum atomic E-state index is -4.07. The molecule has 206 valence electrons. The van der Waals surface area contributed by atoms with Crippen LogP contribution in [0.5, 0.6) is 5.75 Å². The number of nitrogens with one attached hydrogen (secondary N) is 1. The van der Waals surface area contributed by atoms with Crippen molar-refractivity contribution in [3.05, 3.63) is 41.2 Å². The second kappa shape index (κ2) is 9.73. The van der Waals surface area contributed by atoms with Gasteiger partial charge in [-0.1, -0.05) is 0 Å². The van der Waals surface area contributed by atoms with Crippen molar-refractivity contribution in [2.24, 2.45) is 0 Å². The number of aryl methyl sites for hydroxylation is 1. The lowest BCUT2D eigenvalue weighted by Gasteiger charge is -2.29. The van der Waals surface area contributed by atoms with Gasteiger partial charge in [-0.15, -0.1) is 0 Å². The second-order valence-electron chi connectivity index (χ2n) is 8.72. The summed E-state index contributed by atoms with van der Waals surface area (Å²) in [6.07, 6.45) is 0.264. The van der Waals surface area contributed by atoms with Crippen LogP contribution in [0, 0.1) is 18.3 Å². The Labute approximate surface area is 228 Å². The Morgan fingerprint density at radius 2 is 2.23 bits per heavy atom. The average molecular weight is 627 g/mol. The number of pyridine rings is 1. The van der Waals surface area contributed by atoms with Gasteiger partial charge in [-0.2, -0.15) is 10.4 Å². The van der Waals surface area contributed by atoms with Gasteiger partial charge in [-0.3, -0.25) is 14.3 Å². The number of aliphatic hydroxyl groups is 1. The molecule has 2 aliphatic rings. The van der Waals surface area contributed by atoms with Crippen LogP contribution in [-0.4, -0.2) is 59.0 Å². The molecule has 4 N–H and O–H groups in total. The van der Waals surface area contributed by atoms with Gasteiger partial charge in [0.25, 0.3) is 0 Å². The number of halogens is 2. The molecule has 0 radical (unpaired) electrons. The maximum atomic E-state index is 16.0. The van der Waals surface area contributed by atoms with E-state index >= 15 is 4.39 Å². The molecular weight excluding hydrogens is 606 g/mol. The minimum Gasteiger partial charge on any atom is -0.461 e. The average Bonchev–Trinajstić information content (AvgIpc) is 3.41. The van der Waals surface area contributed by atoms with Crippen LogP contribution < -0.4 is 15.3 Å². The molecule has 1 fully saturated rings. The van der Waals surface area contributed by atoms with Crippen molar-refractivity contribution in [1.82, 2.24) is 29.7 Å². The molecule has 0 amide bonds. The number of imidazole rings is 1. The fraction of sp³-hybridized carbons (Fsp3) is 0.429. The number of anilines is 1. The third-order valence-electron chi connectivity index (χ3n) is 6.28. The zero-order chi connectivity index (χ0) is 28.2. The summed E-state index contributed by atoms with van der Waals surface area (Å²) in [5.41, 5.74) is 4.70. The summed E-state index contributed by atoms with van der Waals surface area (Å²) in [5, 5.41) is 27.5. The molecule has 5 atom stereocenters. The zero-order valence-corrected chi connectivity index (χ0v) is 22.8. The molecule has 2 unspecified atom stereocenters. The van der Waals surface area contributed by atoms with Crippen LogP contribution in [0.25, 0.3) is 5.65 Å². The lowest BCUT2D eigenvalue weighted by molar-refractivity contribution is -0.142. The maximum Gasteiger partial charge on any atom is 0.459 e. The molecular formula is C21H21BrFN8O7P. The molecule has 0 aliphatic carbocycles. The molecule has 2 aliphatic heterocycles. The molecule has 5 rings (SSSR count). The van der Waals surface area contributed by atoms with Gasteiger partial charge in [-0.05, 0) is 22.9 Å². The third kappa shape index (κ3) is 4.42. The highest BCUT2D eigenvalue weighted by molar-refractivity contribution is 9.10. The molecule has 5 heterocycles. The molecule has 3 aromatic rings. The monoisotopic (exact) mass is 626 g/mol. The SMILES string of the molecule is CC(=O)OCc1cnc(C)c2c1CNP(=O)(OC[C@H]1O[C@@](C#N)(c3cnc4c(N)ncnn34)C(F)(Br)[C@H]1O)O2. The Morgan fingerprint density at radius 3 is 2.95 bits per heavy atom. The van der Waals surface area contributed by atoms with E-state index in [9.17, 15) is 19.7 Å². The Morgan fingerprint density at radius 1 is 1.46 bits per heavy atom. The number of esters is 1. The number of nitrogens with zero attached hydrogens (tertiary/aromatic N) is 6. The molecule has 3 aromatic heterocycles. The molecule has 39 heavy (non-hydrogen) atoms. The standard InChI is InChI=1S/C21H21BrFN8O7P/c1-10-16-13(12(3-26-10)6-35-11(2)32)4-30-39(34,38-16)36-7-14-17(33)21(22,23)20(8-24,37-14)15-5-27-19-18(25)28-9-29-31(15)19/h3,5,9,14,17,33H,4,6-7H2,1-2H3,(H,30,34)(H2,25,28,29)/t14-,17+,20+,21?,39?/m1/s1. The van der Waals surface area contributed by atoms with Gasteiger partial charge in [0.1, 0.15) is 36.9 Å². The van der Waals surface area contributed by atoms with E-state index in [0.717, 1.165) is 17.0 Å². The first-order valence-corrected chi connectivity index (χ1v) is 13.7. The predicted octanol–water partition coefficient (Wildman–Crippen LogP) is 1.32. The third-order valence-corrected chi connectivity index (χ3v) is 8.76. The summed E-state index contributed by atoms with van der Waals surface area (Å²) in [6.45, 7) is 2.20. The summed E-state index contributed by atoms with van der Waals surface area (Å²) in [5.74, 6) is -0.340. The summed E-state index contributed by atoms with van der Waals surface area (Å²) >= 11 is 2.81. The molecule has 1 saturated heterocycles. The lowest BCUT2D eigenvalue weighted by atomic mass is 9.94. The number of rotatable bonds is 6. The van der Waals surface area contributed by atoms with Gasteiger partial charge >= 0.3 is 13.7 Å². The van der Waals surface area contributed by atoms with Crippen LogP contribution in [0.1, 0.15) is 29.4 Å². The number of hydrogen-bond acceptors (Lipinski definition) is 13. The van der Waals surface area contributed by atoms with Crippen LogP contribution in [0.4, 0.5) is 10.2 Å². The fourth-order valence-corrected chi connectivity index (χ4v) is 6.33. The van der Waals surface area contributed by atoms with Crippen molar-refractivity contribution in [2.75, 3.05) is 12.3 Å².